The molecule has 0 radical (unpaired) electrons. The Morgan fingerprint density at radius 2 is 1.87 bits per heavy atom. The second-order valence-electron chi connectivity index (χ2n) is 6.36. The van der Waals surface area contributed by atoms with Crippen LogP contribution in [0.1, 0.15) is 26.3 Å². The summed E-state index contributed by atoms with van der Waals surface area (Å²) in [6, 6.07) is 15.4. The van der Waals surface area contributed by atoms with Crippen molar-refractivity contribution in [3.8, 4) is 23.0 Å². The fourth-order valence-electron chi connectivity index (χ4n) is 2.78. The molecule has 0 spiro atoms. The first-order valence-electron chi connectivity index (χ1n) is 9.04. The molecule has 8 nitrogen and oxygen atoms in total. The number of nitrogens with one attached hydrogen (secondary N) is 1. The van der Waals surface area contributed by atoms with Gasteiger partial charge in [0.1, 0.15) is 11.5 Å². The van der Waals surface area contributed by atoms with Gasteiger partial charge in [-0.3, -0.25) is 4.79 Å². The molecule has 31 heavy (non-hydrogen) atoms. The maximum Gasteiger partial charge on any atom is 0.343 e. The molecule has 0 saturated heterocycles. The van der Waals surface area contributed by atoms with Crippen molar-refractivity contribution in [1.82, 2.24) is 5.43 Å². The van der Waals surface area contributed by atoms with E-state index in [-0.39, 0.29) is 29.4 Å². The smallest absolute Gasteiger partial charge is 0.343 e. The van der Waals surface area contributed by atoms with E-state index < -0.39 is 11.9 Å². The lowest BCUT2D eigenvalue weighted by Gasteiger charge is -2.08. The summed E-state index contributed by atoms with van der Waals surface area (Å²) in [7, 11) is 0. The van der Waals surface area contributed by atoms with E-state index in [4.69, 9.17) is 25.8 Å². The summed E-state index contributed by atoms with van der Waals surface area (Å²) in [6.07, 6.45) is 1.28. The van der Waals surface area contributed by atoms with Gasteiger partial charge >= 0.3 is 5.97 Å². The molecule has 9 heteroatoms. The number of carbonyl (C=O) groups is 2. The fraction of sp³-hybridized carbons (Fsp3) is 0.0455. The molecule has 0 saturated carbocycles. The fourth-order valence-corrected chi connectivity index (χ4v) is 2.96. The van der Waals surface area contributed by atoms with Crippen LogP contribution >= 0.6 is 11.6 Å². The Morgan fingerprint density at radius 1 is 1.06 bits per heavy atom. The lowest BCUT2D eigenvalue weighted by Crippen LogP contribution is -2.17. The first-order chi connectivity index (χ1) is 15.0. The highest BCUT2D eigenvalue weighted by atomic mass is 35.5. The van der Waals surface area contributed by atoms with Gasteiger partial charge in [0, 0.05) is 10.6 Å². The van der Waals surface area contributed by atoms with Crippen LogP contribution in [0.15, 0.2) is 65.8 Å². The number of aromatic hydroxyl groups is 1. The molecule has 0 aliphatic carbocycles. The highest BCUT2D eigenvalue weighted by molar-refractivity contribution is 6.31. The van der Waals surface area contributed by atoms with Crippen LogP contribution in [0, 0.1) is 0 Å². The van der Waals surface area contributed by atoms with Crippen LogP contribution < -0.4 is 19.6 Å². The Morgan fingerprint density at radius 3 is 2.71 bits per heavy atom. The standard InChI is InChI=1S/C22H15ClN2O6/c23-15-6-8-18(31-22(28)13-5-7-19-20(10-13)30-12-29-19)14(9-15)11-24-25-21(27)16-3-1-2-4-17(16)26/h1-11,26H,12H2,(H,25,27)/b24-11+. The normalized spacial score (nSPS) is 12.0. The number of rotatable bonds is 5. The van der Waals surface area contributed by atoms with Crippen LogP contribution in [0.4, 0.5) is 0 Å². The highest BCUT2D eigenvalue weighted by Gasteiger charge is 2.18. The van der Waals surface area contributed by atoms with Gasteiger partial charge in [-0.1, -0.05) is 23.7 Å². The van der Waals surface area contributed by atoms with Gasteiger partial charge in [0.05, 0.1) is 17.3 Å². The Labute approximate surface area is 181 Å². The third-order valence-electron chi connectivity index (χ3n) is 4.30. The average Bonchev–Trinajstić information content (AvgIpc) is 3.23. The third kappa shape index (κ3) is 4.59. The minimum absolute atomic E-state index is 0.0696. The number of phenols is 1. The van der Waals surface area contributed by atoms with Gasteiger partial charge in [-0.2, -0.15) is 5.10 Å². The topological polar surface area (TPSA) is 106 Å². The number of benzene rings is 3. The van der Waals surface area contributed by atoms with Crippen LogP contribution in [0.25, 0.3) is 0 Å². The van der Waals surface area contributed by atoms with Gasteiger partial charge in [-0.15, -0.1) is 0 Å². The zero-order valence-corrected chi connectivity index (χ0v) is 16.6. The second kappa shape index (κ2) is 8.76. The number of nitrogens with zero attached hydrogens (tertiary/aromatic N) is 1. The molecule has 0 aromatic heterocycles. The summed E-state index contributed by atoms with van der Waals surface area (Å²) < 4.78 is 16.0. The van der Waals surface area contributed by atoms with Crippen LogP contribution in [0.5, 0.6) is 23.0 Å². The molecule has 2 N–H and O–H groups in total. The third-order valence-corrected chi connectivity index (χ3v) is 4.54. The van der Waals surface area contributed by atoms with Gasteiger partial charge in [0.2, 0.25) is 6.79 Å². The summed E-state index contributed by atoms with van der Waals surface area (Å²) in [6.45, 7) is 0.0953. The number of ether oxygens (including phenoxy) is 3. The number of halogens is 1. The molecule has 0 unspecified atom stereocenters. The molecule has 3 aromatic rings. The first kappa shape index (κ1) is 20.2. The van der Waals surface area contributed by atoms with Crippen molar-refractivity contribution in [2.75, 3.05) is 6.79 Å². The summed E-state index contributed by atoms with van der Waals surface area (Å²) in [4.78, 5) is 24.7. The van der Waals surface area contributed by atoms with E-state index in [1.54, 1.807) is 30.3 Å². The first-order valence-corrected chi connectivity index (χ1v) is 9.42. The molecule has 0 atom stereocenters. The number of hydrogen-bond donors (Lipinski definition) is 2. The van der Waals surface area contributed by atoms with E-state index in [1.165, 1.54) is 36.5 Å². The lowest BCUT2D eigenvalue weighted by atomic mass is 10.2. The van der Waals surface area contributed by atoms with Gasteiger partial charge in [-0.25, -0.2) is 10.2 Å². The predicted octanol–water partition coefficient (Wildman–Crippen LogP) is 3.76. The van der Waals surface area contributed by atoms with Crippen molar-refractivity contribution in [2.24, 2.45) is 5.10 Å². The number of fused-ring (bicyclic) bond motifs is 1. The van der Waals surface area contributed by atoms with Crippen LogP contribution in [-0.4, -0.2) is 30.0 Å². The number of carbonyl (C=O) groups excluding carboxylic acids is 2. The predicted molar refractivity (Wildman–Crippen MR) is 112 cm³/mol. The molecule has 4 rings (SSSR count). The van der Waals surface area contributed by atoms with E-state index in [0.717, 1.165) is 0 Å². The number of hydrazone groups is 1. The van der Waals surface area contributed by atoms with E-state index in [1.807, 2.05) is 0 Å². The van der Waals surface area contributed by atoms with Gasteiger partial charge in [0.15, 0.2) is 11.5 Å². The number of hydrogen-bond acceptors (Lipinski definition) is 7. The molecular formula is C22H15ClN2O6. The Hall–Kier alpha value is -4.04. The molecule has 1 aliphatic rings. The Kier molecular flexibility index (Phi) is 5.72. The van der Waals surface area contributed by atoms with Gasteiger partial charge in [-0.05, 0) is 48.5 Å². The van der Waals surface area contributed by atoms with E-state index in [2.05, 4.69) is 10.5 Å². The van der Waals surface area contributed by atoms with Crippen LogP contribution in [-0.2, 0) is 0 Å². The van der Waals surface area contributed by atoms with Crippen molar-refractivity contribution in [3.05, 3.63) is 82.4 Å². The molecule has 0 fully saturated rings. The summed E-state index contributed by atoms with van der Waals surface area (Å²) >= 11 is 6.04. The molecule has 1 aliphatic heterocycles. The number of para-hydroxylation sites is 1. The average molecular weight is 439 g/mol. The second-order valence-corrected chi connectivity index (χ2v) is 6.79. The zero-order chi connectivity index (χ0) is 21.8. The Bertz CT molecular complexity index is 1190. The van der Waals surface area contributed by atoms with E-state index in [0.29, 0.717) is 22.1 Å². The maximum atomic E-state index is 12.6. The SMILES string of the molecule is O=C(Oc1ccc(Cl)cc1/C=N/NC(=O)c1ccccc1O)c1ccc2c(c1)OCO2. The molecule has 3 aromatic carbocycles. The van der Waals surface area contributed by atoms with Gasteiger partial charge in [0.25, 0.3) is 5.91 Å². The molecule has 0 bridgehead atoms. The van der Waals surface area contributed by atoms with Gasteiger partial charge < -0.3 is 19.3 Å². The number of esters is 1. The monoisotopic (exact) mass is 438 g/mol. The minimum atomic E-state index is -0.617. The van der Waals surface area contributed by atoms with Crippen molar-refractivity contribution in [3.63, 3.8) is 0 Å². The summed E-state index contributed by atoms with van der Waals surface area (Å²) in [5, 5.41) is 14.0. The molecule has 1 amide bonds. The molecule has 156 valence electrons. The number of phenolic OH excluding ortho intramolecular Hbond substituents is 1. The maximum absolute atomic E-state index is 12.6. The van der Waals surface area contributed by atoms with Crippen molar-refractivity contribution in [2.45, 2.75) is 0 Å². The van der Waals surface area contributed by atoms with Crippen molar-refractivity contribution < 1.29 is 28.9 Å². The van der Waals surface area contributed by atoms with Crippen LogP contribution in [0.3, 0.4) is 0 Å². The van der Waals surface area contributed by atoms with Crippen molar-refractivity contribution in [1.29, 1.82) is 0 Å². The van der Waals surface area contributed by atoms with Crippen LogP contribution in [0.2, 0.25) is 5.02 Å². The van der Waals surface area contributed by atoms with Crippen molar-refractivity contribution >= 4 is 29.7 Å². The van der Waals surface area contributed by atoms with E-state index in [9.17, 15) is 14.7 Å². The highest BCUT2D eigenvalue weighted by Crippen LogP contribution is 2.33. The largest absolute Gasteiger partial charge is 0.507 e. The lowest BCUT2D eigenvalue weighted by molar-refractivity contribution is 0.0733. The number of amides is 1. The van der Waals surface area contributed by atoms with E-state index >= 15 is 0 Å². The summed E-state index contributed by atoms with van der Waals surface area (Å²) in [5.41, 5.74) is 3.01. The molecule has 1 heterocycles. The minimum Gasteiger partial charge on any atom is -0.507 e. The summed E-state index contributed by atoms with van der Waals surface area (Å²) in [5.74, 6) is -0.192. The Balaban J connectivity index is 1.49. The zero-order valence-electron chi connectivity index (χ0n) is 15.9. The molecular weight excluding hydrogens is 424 g/mol. The quantitative estimate of drug-likeness (QED) is 0.272.